The highest BCUT2D eigenvalue weighted by atomic mass is 16.1. The maximum absolute atomic E-state index is 13.5. The molecule has 0 spiro atoms. The number of allylic oxidation sites excluding steroid dienone is 4. The predicted octanol–water partition coefficient (Wildman–Crippen LogP) is 4.06. The summed E-state index contributed by atoms with van der Waals surface area (Å²) in [5.74, 6) is 0.662. The van der Waals surface area contributed by atoms with Crippen LogP contribution in [0.15, 0.2) is 61.7 Å². The predicted molar refractivity (Wildman–Crippen MR) is 112 cm³/mol. The first kappa shape index (κ1) is 19.0. The molecule has 0 saturated carbocycles. The molecule has 1 heterocycles. The summed E-state index contributed by atoms with van der Waals surface area (Å²) in [6, 6.07) is 7.65. The van der Waals surface area contributed by atoms with Gasteiger partial charge in [-0.1, -0.05) is 29.8 Å². The first-order valence-electron chi connectivity index (χ1n) is 9.37. The maximum Gasteiger partial charge on any atom is 0.226 e. The highest BCUT2D eigenvalue weighted by molar-refractivity contribution is 6.35. The van der Waals surface area contributed by atoms with Gasteiger partial charge in [0.25, 0.3) is 0 Å². The quantitative estimate of drug-likeness (QED) is 0.758. The van der Waals surface area contributed by atoms with E-state index in [1.54, 1.807) is 7.05 Å². The third-order valence-corrected chi connectivity index (χ3v) is 5.03. The fourth-order valence-electron chi connectivity index (χ4n) is 3.61. The number of Topliss-reactive ketones (excluding diaryl/α,β-unsaturated/α-hetero) is 1. The van der Waals surface area contributed by atoms with Crippen molar-refractivity contribution in [3.63, 3.8) is 0 Å². The van der Waals surface area contributed by atoms with E-state index < -0.39 is 0 Å². The molecule has 0 atom stereocenters. The second kappa shape index (κ2) is 7.43. The monoisotopic (exact) mass is 362 g/mol. The van der Waals surface area contributed by atoms with Crippen LogP contribution in [-0.2, 0) is 0 Å². The molecule has 0 bridgehead atoms. The van der Waals surface area contributed by atoms with E-state index in [1.807, 2.05) is 45.0 Å². The second-order valence-electron chi connectivity index (χ2n) is 6.83. The highest BCUT2D eigenvalue weighted by Gasteiger charge is 2.36. The van der Waals surface area contributed by atoms with Gasteiger partial charge in [-0.25, -0.2) is 9.98 Å². The molecule has 1 aromatic carbocycles. The fourth-order valence-corrected chi connectivity index (χ4v) is 3.61. The van der Waals surface area contributed by atoms with Crippen LogP contribution in [0.1, 0.15) is 50.5 Å². The van der Waals surface area contributed by atoms with Crippen LogP contribution in [0.3, 0.4) is 0 Å². The van der Waals surface area contributed by atoms with Crippen LogP contribution in [0.5, 0.6) is 0 Å². The number of hydrogen-bond donors (Lipinski definition) is 0. The Morgan fingerprint density at radius 1 is 1.04 bits per heavy atom. The Bertz CT molecular complexity index is 952. The SMILES string of the molecule is CCN(CC)C1=NC2=C(C(C(C)=NC)=C(C)C)C(=O)c3ccccc3C2=N1. The number of ketones is 1. The molecule has 5 heteroatoms. The zero-order valence-electron chi connectivity index (χ0n) is 16.9. The molecule has 140 valence electrons. The average molecular weight is 362 g/mol. The Balaban J connectivity index is 2.34. The summed E-state index contributed by atoms with van der Waals surface area (Å²) < 4.78 is 0. The van der Waals surface area contributed by atoms with Gasteiger partial charge in [-0.3, -0.25) is 9.79 Å². The largest absolute Gasteiger partial charge is 0.341 e. The van der Waals surface area contributed by atoms with Crippen molar-refractivity contribution in [3.8, 4) is 0 Å². The van der Waals surface area contributed by atoms with Crippen molar-refractivity contribution in [1.29, 1.82) is 0 Å². The van der Waals surface area contributed by atoms with Crippen LogP contribution < -0.4 is 0 Å². The van der Waals surface area contributed by atoms with Gasteiger partial charge in [-0.2, -0.15) is 0 Å². The summed E-state index contributed by atoms with van der Waals surface area (Å²) in [6.07, 6.45) is 0. The Morgan fingerprint density at radius 3 is 2.22 bits per heavy atom. The van der Waals surface area contributed by atoms with Gasteiger partial charge in [-0.15, -0.1) is 0 Å². The third kappa shape index (κ3) is 3.07. The van der Waals surface area contributed by atoms with Crippen molar-refractivity contribution in [1.82, 2.24) is 4.90 Å². The topological polar surface area (TPSA) is 57.4 Å². The number of benzene rings is 1. The van der Waals surface area contributed by atoms with Gasteiger partial charge in [0.1, 0.15) is 11.4 Å². The summed E-state index contributed by atoms with van der Waals surface area (Å²) in [6.45, 7) is 11.7. The molecule has 3 rings (SSSR count). The lowest BCUT2D eigenvalue weighted by atomic mass is 9.81. The summed E-state index contributed by atoms with van der Waals surface area (Å²) >= 11 is 0. The normalized spacial score (nSPS) is 15.9. The van der Waals surface area contributed by atoms with Crippen LogP contribution in [0.25, 0.3) is 0 Å². The second-order valence-corrected chi connectivity index (χ2v) is 6.83. The molecule has 27 heavy (non-hydrogen) atoms. The van der Waals surface area contributed by atoms with Crippen molar-refractivity contribution in [2.45, 2.75) is 34.6 Å². The Morgan fingerprint density at radius 2 is 1.67 bits per heavy atom. The van der Waals surface area contributed by atoms with Crippen molar-refractivity contribution in [2.24, 2.45) is 15.0 Å². The first-order chi connectivity index (χ1) is 12.9. The summed E-state index contributed by atoms with van der Waals surface area (Å²) in [4.78, 5) is 29.5. The molecule has 1 aliphatic heterocycles. The summed E-state index contributed by atoms with van der Waals surface area (Å²) in [5, 5.41) is 0. The van der Waals surface area contributed by atoms with E-state index in [2.05, 4.69) is 23.7 Å². The van der Waals surface area contributed by atoms with Crippen molar-refractivity contribution in [3.05, 3.63) is 57.8 Å². The molecular formula is C22H26N4O. The number of aliphatic imine (C=N–C) groups is 3. The number of hydrogen-bond acceptors (Lipinski definition) is 5. The number of rotatable bonds is 4. The molecule has 0 N–H and O–H groups in total. The minimum atomic E-state index is -0.0108. The lowest BCUT2D eigenvalue weighted by Gasteiger charge is -2.22. The third-order valence-electron chi connectivity index (χ3n) is 5.03. The van der Waals surface area contributed by atoms with Crippen molar-refractivity contribution in [2.75, 3.05) is 20.1 Å². The van der Waals surface area contributed by atoms with Crippen LogP contribution in [0.2, 0.25) is 0 Å². The fraction of sp³-hybridized carbons (Fsp3) is 0.364. The van der Waals surface area contributed by atoms with Gasteiger partial charge in [0, 0.05) is 42.5 Å². The molecule has 1 aliphatic carbocycles. The van der Waals surface area contributed by atoms with Crippen LogP contribution in [0, 0.1) is 0 Å². The molecule has 0 radical (unpaired) electrons. The molecule has 0 fully saturated rings. The lowest BCUT2D eigenvalue weighted by Crippen LogP contribution is -2.28. The minimum absolute atomic E-state index is 0.0108. The summed E-state index contributed by atoms with van der Waals surface area (Å²) in [7, 11) is 1.75. The van der Waals surface area contributed by atoms with E-state index in [1.165, 1.54) is 0 Å². The molecule has 0 amide bonds. The van der Waals surface area contributed by atoms with Crippen LogP contribution in [0.4, 0.5) is 0 Å². The molecule has 0 unspecified atom stereocenters. The van der Waals surface area contributed by atoms with E-state index in [0.29, 0.717) is 22.8 Å². The van der Waals surface area contributed by atoms with Gasteiger partial charge in [0.15, 0.2) is 5.78 Å². The van der Waals surface area contributed by atoms with Gasteiger partial charge >= 0.3 is 0 Å². The van der Waals surface area contributed by atoms with Gasteiger partial charge in [0.2, 0.25) is 5.96 Å². The summed E-state index contributed by atoms with van der Waals surface area (Å²) in [5.41, 5.74) is 6.32. The van der Waals surface area contributed by atoms with E-state index >= 15 is 0 Å². The lowest BCUT2D eigenvalue weighted by molar-refractivity contribution is 0.103. The molecule has 0 saturated heterocycles. The van der Waals surface area contributed by atoms with Gasteiger partial charge in [0.05, 0.1) is 5.57 Å². The van der Waals surface area contributed by atoms with Gasteiger partial charge in [-0.05, 0) is 34.6 Å². The average Bonchev–Trinajstić information content (AvgIpc) is 3.10. The number of carbonyl (C=O) groups excluding carboxylic acids is 1. The van der Waals surface area contributed by atoms with Crippen LogP contribution >= 0.6 is 0 Å². The highest BCUT2D eigenvalue weighted by Crippen LogP contribution is 2.36. The Kier molecular flexibility index (Phi) is 5.22. The molecule has 0 aromatic heterocycles. The Labute approximate surface area is 160 Å². The van der Waals surface area contributed by atoms with Crippen molar-refractivity contribution < 1.29 is 4.79 Å². The zero-order valence-corrected chi connectivity index (χ0v) is 16.9. The van der Waals surface area contributed by atoms with E-state index in [-0.39, 0.29) is 5.78 Å². The van der Waals surface area contributed by atoms with E-state index in [4.69, 9.17) is 9.98 Å². The number of guanidine groups is 1. The molecule has 1 aromatic rings. The number of carbonyl (C=O) groups is 1. The zero-order chi connectivity index (χ0) is 19.7. The molecular weight excluding hydrogens is 336 g/mol. The molecule has 5 nitrogen and oxygen atoms in total. The number of nitrogens with zero attached hydrogens (tertiary/aromatic N) is 4. The smallest absolute Gasteiger partial charge is 0.226 e. The standard InChI is InChI=1S/C22H26N4O/c1-7-26(8-2)22-24-19-15-11-9-10-12-16(15)21(27)18(20(19)25-22)17(13(3)4)14(5)23-6/h9-12H,7-8H2,1-6H3. The maximum atomic E-state index is 13.5. The first-order valence-corrected chi connectivity index (χ1v) is 9.37. The van der Waals surface area contributed by atoms with Gasteiger partial charge < -0.3 is 4.90 Å². The van der Waals surface area contributed by atoms with E-state index in [0.717, 1.165) is 41.2 Å². The van der Waals surface area contributed by atoms with E-state index in [9.17, 15) is 4.79 Å². The number of fused-ring (bicyclic) bond motifs is 3. The molecule has 2 aliphatic rings. The minimum Gasteiger partial charge on any atom is -0.341 e. The Hall–Kier alpha value is -2.82. The van der Waals surface area contributed by atoms with Crippen LogP contribution in [-0.4, -0.2) is 48.2 Å². The van der Waals surface area contributed by atoms with Crippen molar-refractivity contribution >= 4 is 23.2 Å².